The minimum Gasteiger partial charge on any atom is -0.460 e. The second-order valence-corrected chi connectivity index (χ2v) is 17.4. The number of esters is 1. The topological polar surface area (TPSA) is 38.8 Å². The summed E-state index contributed by atoms with van der Waals surface area (Å²) in [5.74, 6) is -0.560. The Labute approximate surface area is 221 Å². The number of benzene rings is 2. The number of rotatable bonds is 10. The molecule has 0 aromatic heterocycles. The van der Waals surface area contributed by atoms with Crippen LogP contribution in [0.1, 0.15) is 79.5 Å². The summed E-state index contributed by atoms with van der Waals surface area (Å²) < 4.78 is 12.9. The Morgan fingerprint density at radius 2 is 1.36 bits per heavy atom. The van der Waals surface area contributed by atoms with Gasteiger partial charge < -0.3 is 9.16 Å². The van der Waals surface area contributed by atoms with E-state index in [0.29, 0.717) is 6.54 Å². The third-order valence-corrected chi connectivity index (χ3v) is 12.0. The highest BCUT2D eigenvalue weighted by Gasteiger charge is 2.44. The average molecular weight is 512 g/mol. The molecule has 4 nitrogen and oxygen atoms in total. The molecule has 0 fully saturated rings. The fraction of sp³-hybridized carbons (Fsp3) is 0.581. The molecule has 2 aromatic carbocycles. The molecular weight excluding hydrogens is 462 g/mol. The molecule has 0 aliphatic rings. The smallest absolute Gasteiger partial charge is 0.310 e. The third-order valence-electron chi connectivity index (χ3n) is 7.43. The normalized spacial score (nSPS) is 16.3. The van der Waals surface area contributed by atoms with Gasteiger partial charge in [-0.05, 0) is 63.9 Å². The maximum Gasteiger partial charge on any atom is 0.310 e. The average Bonchev–Trinajstić information content (AvgIpc) is 2.77. The molecule has 0 bridgehead atoms. The molecule has 0 aliphatic heterocycles. The summed E-state index contributed by atoms with van der Waals surface area (Å²) in [6.45, 7) is 24.2. The van der Waals surface area contributed by atoms with Gasteiger partial charge in [-0.15, -0.1) is 0 Å². The first-order valence-corrected chi connectivity index (χ1v) is 16.2. The van der Waals surface area contributed by atoms with Gasteiger partial charge in [0.25, 0.3) is 0 Å². The Morgan fingerprint density at radius 1 is 0.861 bits per heavy atom. The lowest BCUT2D eigenvalue weighted by Gasteiger charge is -2.46. The monoisotopic (exact) mass is 511 g/mol. The van der Waals surface area contributed by atoms with E-state index >= 15 is 0 Å². The van der Waals surface area contributed by atoms with Crippen molar-refractivity contribution in [1.82, 2.24) is 4.90 Å². The van der Waals surface area contributed by atoms with Crippen LogP contribution < -0.4 is 0 Å². The van der Waals surface area contributed by atoms with Crippen molar-refractivity contribution in [3.05, 3.63) is 71.8 Å². The number of ether oxygens (including phenoxy) is 1. The van der Waals surface area contributed by atoms with Gasteiger partial charge in [-0.1, -0.05) is 88.4 Å². The molecular formula is C31H49NO3Si. The van der Waals surface area contributed by atoms with Crippen LogP contribution in [-0.2, 0) is 20.5 Å². The Balaban J connectivity index is 2.58. The molecule has 200 valence electrons. The van der Waals surface area contributed by atoms with Crippen LogP contribution in [-0.4, -0.2) is 36.9 Å². The summed E-state index contributed by atoms with van der Waals surface area (Å²) in [5, 5.41) is 0.0657. The summed E-state index contributed by atoms with van der Waals surface area (Å²) in [4.78, 5) is 15.9. The minimum atomic E-state index is -2.09. The van der Waals surface area contributed by atoms with E-state index in [1.165, 1.54) is 11.1 Å². The predicted octanol–water partition coefficient (Wildman–Crippen LogP) is 8.01. The van der Waals surface area contributed by atoms with E-state index in [1.54, 1.807) is 0 Å². The zero-order chi connectivity index (χ0) is 27.3. The number of hydrogen-bond acceptors (Lipinski definition) is 4. The number of carbonyl (C=O) groups excluding carboxylic acids is 1. The van der Waals surface area contributed by atoms with Gasteiger partial charge in [-0.2, -0.15) is 0 Å². The van der Waals surface area contributed by atoms with Crippen LogP contribution in [0, 0.1) is 5.92 Å². The lowest BCUT2D eigenvalue weighted by Crippen LogP contribution is -2.55. The van der Waals surface area contributed by atoms with Crippen LogP contribution in [0.5, 0.6) is 0 Å². The van der Waals surface area contributed by atoms with E-state index < -0.39 is 13.9 Å². The van der Waals surface area contributed by atoms with Crippen LogP contribution >= 0.6 is 0 Å². The summed E-state index contributed by atoms with van der Waals surface area (Å²) in [6.07, 6.45) is -0.164. The minimum absolute atomic E-state index is 0.0657. The van der Waals surface area contributed by atoms with Gasteiger partial charge >= 0.3 is 5.97 Å². The van der Waals surface area contributed by atoms with Gasteiger partial charge in [0, 0.05) is 18.6 Å². The molecule has 0 aliphatic carbocycles. The SMILES string of the molecule is C[C@H](O[Si](C)(C)C(C)(C)C)[C@@H]([C@H](C)C(=O)OC(C)(C)C)N(Cc1ccccc1)[C@H](C)c1ccccc1. The Morgan fingerprint density at radius 3 is 1.83 bits per heavy atom. The molecule has 0 amide bonds. The van der Waals surface area contributed by atoms with Crippen molar-refractivity contribution in [2.24, 2.45) is 5.92 Å². The van der Waals surface area contributed by atoms with Crippen LogP contribution in [0.3, 0.4) is 0 Å². The van der Waals surface area contributed by atoms with Gasteiger partial charge in [0.15, 0.2) is 8.32 Å². The molecule has 0 saturated heterocycles. The second-order valence-electron chi connectivity index (χ2n) is 12.6. The quantitative estimate of drug-likeness (QED) is 0.239. The molecule has 2 aromatic rings. The van der Waals surface area contributed by atoms with Gasteiger partial charge in [-0.25, -0.2) is 0 Å². The highest BCUT2D eigenvalue weighted by molar-refractivity contribution is 6.74. The zero-order valence-corrected chi connectivity index (χ0v) is 25.5. The molecule has 0 unspecified atom stereocenters. The van der Waals surface area contributed by atoms with Crippen molar-refractivity contribution >= 4 is 14.3 Å². The third kappa shape index (κ3) is 8.29. The van der Waals surface area contributed by atoms with Crippen molar-refractivity contribution in [2.45, 2.75) is 111 Å². The van der Waals surface area contributed by atoms with Crippen molar-refractivity contribution in [1.29, 1.82) is 0 Å². The number of hydrogen-bond donors (Lipinski definition) is 0. The standard InChI is InChI=1S/C31H49NO3Si/c1-23(29(33)34-30(4,5)6)28(25(3)35-36(10,11)31(7,8)9)32(22-26-18-14-12-15-19-26)24(2)27-20-16-13-17-21-27/h12-21,23-25,28H,22H2,1-11H3/t23-,24+,25-,28+/m0/s1. The van der Waals surface area contributed by atoms with Crippen molar-refractivity contribution in [2.75, 3.05) is 0 Å². The Hall–Kier alpha value is -1.95. The molecule has 4 atom stereocenters. The van der Waals surface area contributed by atoms with Crippen LogP contribution in [0.25, 0.3) is 0 Å². The first-order valence-electron chi connectivity index (χ1n) is 13.3. The van der Waals surface area contributed by atoms with Gasteiger partial charge in [-0.3, -0.25) is 9.69 Å². The lowest BCUT2D eigenvalue weighted by atomic mass is 9.92. The van der Waals surface area contributed by atoms with E-state index in [-0.39, 0.29) is 35.1 Å². The summed E-state index contributed by atoms with van der Waals surface area (Å²) in [5.41, 5.74) is 1.88. The molecule has 2 rings (SSSR count). The van der Waals surface area contributed by atoms with Crippen molar-refractivity contribution in [3.8, 4) is 0 Å². The Kier molecular flexibility index (Phi) is 10.1. The predicted molar refractivity (Wildman–Crippen MR) is 153 cm³/mol. The highest BCUT2D eigenvalue weighted by Crippen LogP contribution is 2.39. The van der Waals surface area contributed by atoms with Crippen LogP contribution in [0.2, 0.25) is 18.1 Å². The van der Waals surface area contributed by atoms with Gasteiger partial charge in [0.1, 0.15) is 5.60 Å². The maximum atomic E-state index is 13.5. The summed E-state index contributed by atoms with van der Waals surface area (Å²) >= 11 is 0. The molecule has 0 N–H and O–H groups in total. The van der Waals surface area contributed by atoms with Crippen molar-refractivity contribution in [3.63, 3.8) is 0 Å². The first-order chi connectivity index (χ1) is 16.5. The fourth-order valence-corrected chi connectivity index (χ4v) is 5.85. The largest absolute Gasteiger partial charge is 0.460 e. The number of carbonyl (C=O) groups is 1. The molecule has 5 heteroatoms. The maximum absolute atomic E-state index is 13.5. The van der Waals surface area contributed by atoms with E-state index in [1.807, 2.05) is 39.8 Å². The van der Waals surface area contributed by atoms with E-state index in [9.17, 15) is 4.79 Å². The Bertz CT molecular complexity index is 947. The highest BCUT2D eigenvalue weighted by atomic mass is 28.4. The lowest BCUT2D eigenvalue weighted by molar-refractivity contribution is -0.164. The first kappa shape index (κ1) is 30.3. The summed E-state index contributed by atoms with van der Waals surface area (Å²) in [6, 6.07) is 20.9. The second kappa shape index (κ2) is 12.1. The van der Waals surface area contributed by atoms with E-state index in [2.05, 4.69) is 101 Å². The van der Waals surface area contributed by atoms with Gasteiger partial charge in [0.05, 0.1) is 12.0 Å². The molecule has 36 heavy (non-hydrogen) atoms. The van der Waals surface area contributed by atoms with Crippen LogP contribution in [0.15, 0.2) is 60.7 Å². The van der Waals surface area contributed by atoms with E-state index in [0.717, 1.165) is 0 Å². The van der Waals surface area contributed by atoms with E-state index in [4.69, 9.17) is 9.16 Å². The fourth-order valence-electron chi connectivity index (χ4n) is 4.43. The van der Waals surface area contributed by atoms with Crippen LogP contribution in [0.4, 0.5) is 0 Å². The zero-order valence-electron chi connectivity index (χ0n) is 24.5. The van der Waals surface area contributed by atoms with Gasteiger partial charge in [0.2, 0.25) is 0 Å². The molecule has 0 heterocycles. The summed E-state index contributed by atoms with van der Waals surface area (Å²) in [7, 11) is -2.09. The van der Waals surface area contributed by atoms with Crippen molar-refractivity contribution < 1.29 is 14.0 Å². The molecule has 0 spiro atoms. The molecule has 0 saturated carbocycles. The molecule has 0 radical (unpaired) electrons. The number of nitrogens with zero attached hydrogens (tertiary/aromatic N) is 1.